The van der Waals surface area contributed by atoms with E-state index in [4.69, 9.17) is 27.9 Å². The smallest absolute Gasteiger partial charge is 0.325 e. The fraction of sp³-hybridized carbons (Fsp3) is 0.412. The molecule has 3 amide bonds. The van der Waals surface area contributed by atoms with Crippen LogP contribution in [0.5, 0.6) is 0 Å². The molecule has 148 valence electrons. The molecule has 0 heterocycles. The molecule has 0 aliphatic carbocycles. The molecule has 1 aromatic carbocycles. The van der Waals surface area contributed by atoms with Gasteiger partial charge in [0.05, 0.1) is 17.1 Å². The van der Waals surface area contributed by atoms with Gasteiger partial charge in [-0.1, -0.05) is 23.2 Å². The van der Waals surface area contributed by atoms with Crippen molar-refractivity contribution in [2.75, 3.05) is 26.7 Å². The molecule has 8 nitrogen and oxygen atoms in total. The molecule has 0 atom stereocenters. The summed E-state index contributed by atoms with van der Waals surface area (Å²) in [6.45, 7) is 2.46. The van der Waals surface area contributed by atoms with E-state index in [2.05, 4.69) is 10.6 Å². The number of hydrogen-bond donors (Lipinski definition) is 2. The van der Waals surface area contributed by atoms with Crippen molar-refractivity contribution in [3.8, 4) is 0 Å². The molecule has 0 saturated carbocycles. The van der Waals surface area contributed by atoms with Gasteiger partial charge in [-0.15, -0.1) is 0 Å². The van der Waals surface area contributed by atoms with Gasteiger partial charge >= 0.3 is 5.97 Å². The van der Waals surface area contributed by atoms with Crippen LogP contribution < -0.4 is 10.6 Å². The van der Waals surface area contributed by atoms with Crippen LogP contribution in [0.4, 0.5) is 0 Å². The molecule has 0 unspecified atom stereocenters. The van der Waals surface area contributed by atoms with Crippen LogP contribution in [0.2, 0.25) is 10.0 Å². The summed E-state index contributed by atoms with van der Waals surface area (Å²) in [5.74, 6) is -2.27. The lowest BCUT2D eigenvalue weighted by atomic mass is 10.2. The van der Waals surface area contributed by atoms with Crippen molar-refractivity contribution in [2.45, 2.75) is 19.9 Å². The van der Waals surface area contributed by atoms with Gasteiger partial charge in [0.15, 0.2) is 6.61 Å². The molecule has 0 bridgehead atoms. The predicted octanol–water partition coefficient (Wildman–Crippen LogP) is 1.25. The van der Waals surface area contributed by atoms with Crippen molar-refractivity contribution in [3.05, 3.63) is 33.8 Å². The van der Waals surface area contributed by atoms with Crippen LogP contribution in [0.1, 0.15) is 24.2 Å². The van der Waals surface area contributed by atoms with Gasteiger partial charge in [-0.25, -0.2) is 0 Å². The number of nitrogens with zero attached hydrogens (tertiary/aromatic N) is 1. The third-order valence-corrected chi connectivity index (χ3v) is 4.09. The minimum Gasteiger partial charge on any atom is -0.454 e. The Morgan fingerprint density at radius 2 is 1.78 bits per heavy atom. The number of hydrogen-bond acceptors (Lipinski definition) is 5. The highest BCUT2D eigenvalue weighted by molar-refractivity contribution is 6.36. The molecule has 0 spiro atoms. The summed E-state index contributed by atoms with van der Waals surface area (Å²) >= 11 is 11.7. The number of amides is 3. The second-order valence-corrected chi connectivity index (χ2v) is 6.69. The van der Waals surface area contributed by atoms with E-state index in [1.807, 2.05) is 13.8 Å². The van der Waals surface area contributed by atoms with E-state index in [0.29, 0.717) is 5.02 Å². The fourth-order valence-corrected chi connectivity index (χ4v) is 2.24. The highest BCUT2D eigenvalue weighted by atomic mass is 35.5. The maximum absolute atomic E-state index is 12.0. The Morgan fingerprint density at radius 1 is 1.11 bits per heavy atom. The average Bonchev–Trinajstić information content (AvgIpc) is 2.61. The van der Waals surface area contributed by atoms with Crippen LogP contribution in [0.15, 0.2) is 18.2 Å². The Labute approximate surface area is 167 Å². The summed E-state index contributed by atoms with van der Waals surface area (Å²) in [6, 6.07) is 4.32. The van der Waals surface area contributed by atoms with E-state index in [1.54, 1.807) is 7.05 Å². The van der Waals surface area contributed by atoms with Gasteiger partial charge in [0.25, 0.3) is 11.8 Å². The molecule has 0 radical (unpaired) electrons. The first kappa shape index (κ1) is 22.7. The van der Waals surface area contributed by atoms with E-state index in [-0.39, 0.29) is 29.1 Å². The summed E-state index contributed by atoms with van der Waals surface area (Å²) < 4.78 is 4.79. The Kier molecular flexibility index (Phi) is 9.04. The number of rotatable bonds is 8. The van der Waals surface area contributed by atoms with Crippen LogP contribution in [0.25, 0.3) is 0 Å². The standard InChI is InChI=1S/C17H21Cl2N3O5/c1-10(2)22(3)15(24)9-27-16(25)8-20-14(23)7-21-17(26)12-5-4-11(18)6-13(12)19/h4-6,10H,7-9H2,1-3H3,(H,20,23)(H,21,26). The van der Waals surface area contributed by atoms with Gasteiger partial charge in [-0.2, -0.15) is 0 Å². The van der Waals surface area contributed by atoms with Crippen molar-refractivity contribution in [2.24, 2.45) is 0 Å². The zero-order chi connectivity index (χ0) is 20.6. The van der Waals surface area contributed by atoms with Crippen LogP contribution in [0, 0.1) is 0 Å². The molecule has 1 rings (SSSR count). The van der Waals surface area contributed by atoms with Gasteiger partial charge < -0.3 is 20.3 Å². The first-order chi connectivity index (χ1) is 12.6. The van der Waals surface area contributed by atoms with Crippen molar-refractivity contribution < 1.29 is 23.9 Å². The molecule has 2 N–H and O–H groups in total. The van der Waals surface area contributed by atoms with Gasteiger partial charge in [-0.05, 0) is 32.0 Å². The van der Waals surface area contributed by atoms with Crippen LogP contribution in [0.3, 0.4) is 0 Å². The van der Waals surface area contributed by atoms with E-state index < -0.39 is 30.9 Å². The lowest BCUT2D eigenvalue weighted by Crippen LogP contribution is -2.40. The molecule has 0 aliphatic rings. The van der Waals surface area contributed by atoms with Gasteiger partial charge in [0, 0.05) is 18.1 Å². The molecule has 10 heteroatoms. The van der Waals surface area contributed by atoms with Crippen LogP contribution >= 0.6 is 23.2 Å². The minimum atomic E-state index is -0.763. The number of esters is 1. The number of likely N-dealkylation sites (N-methyl/N-ethyl adjacent to an activating group) is 1. The molecule has 0 aliphatic heterocycles. The molecule has 1 aromatic rings. The third-order valence-electron chi connectivity index (χ3n) is 3.54. The Balaban J connectivity index is 2.33. The second-order valence-electron chi connectivity index (χ2n) is 5.84. The molecule has 0 fully saturated rings. The first-order valence-electron chi connectivity index (χ1n) is 8.03. The van der Waals surface area contributed by atoms with Crippen LogP contribution in [-0.2, 0) is 19.1 Å². The monoisotopic (exact) mass is 417 g/mol. The molecule has 27 heavy (non-hydrogen) atoms. The summed E-state index contributed by atoms with van der Waals surface area (Å²) in [6.07, 6.45) is 0. The Bertz CT molecular complexity index is 725. The zero-order valence-electron chi connectivity index (χ0n) is 15.2. The Morgan fingerprint density at radius 3 is 2.37 bits per heavy atom. The molecular formula is C17H21Cl2N3O5. The van der Waals surface area contributed by atoms with Crippen molar-refractivity contribution in [3.63, 3.8) is 0 Å². The number of ether oxygens (including phenoxy) is 1. The van der Waals surface area contributed by atoms with E-state index in [1.165, 1.54) is 23.1 Å². The van der Waals surface area contributed by atoms with Crippen LogP contribution in [-0.4, -0.2) is 61.4 Å². The van der Waals surface area contributed by atoms with Gasteiger partial charge in [0.1, 0.15) is 6.54 Å². The molecular weight excluding hydrogens is 397 g/mol. The topological polar surface area (TPSA) is 105 Å². The number of benzene rings is 1. The highest BCUT2D eigenvalue weighted by Crippen LogP contribution is 2.20. The van der Waals surface area contributed by atoms with E-state index in [0.717, 1.165) is 0 Å². The minimum absolute atomic E-state index is 0.0198. The average molecular weight is 418 g/mol. The summed E-state index contributed by atoms with van der Waals surface area (Å²) in [5, 5.41) is 5.18. The fourth-order valence-electron chi connectivity index (χ4n) is 1.75. The number of carbonyl (C=O) groups is 4. The quantitative estimate of drug-likeness (QED) is 0.619. The zero-order valence-corrected chi connectivity index (χ0v) is 16.7. The summed E-state index contributed by atoms with van der Waals surface area (Å²) in [4.78, 5) is 48.3. The SMILES string of the molecule is CC(C)N(C)C(=O)COC(=O)CNC(=O)CNC(=O)c1ccc(Cl)cc1Cl. The van der Waals surface area contributed by atoms with Gasteiger partial charge in [-0.3, -0.25) is 19.2 Å². The lowest BCUT2D eigenvalue weighted by molar-refractivity contribution is -0.151. The van der Waals surface area contributed by atoms with Gasteiger partial charge in [0.2, 0.25) is 5.91 Å². The maximum atomic E-state index is 12.0. The second kappa shape index (κ2) is 10.7. The van der Waals surface area contributed by atoms with E-state index >= 15 is 0 Å². The van der Waals surface area contributed by atoms with E-state index in [9.17, 15) is 19.2 Å². The summed E-state index contributed by atoms with van der Waals surface area (Å²) in [7, 11) is 1.60. The first-order valence-corrected chi connectivity index (χ1v) is 8.78. The number of carbonyl (C=O) groups excluding carboxylic acids is 4. The van der Waals surface area contributed by atoms with Crippen molar-refractivity contribution in [1.29, 1.82) is 0 Å². The molecule has 0 saturated heterocycles. The lowest BCUT2D eigenvalue weighted by Gasteiger charge is -2.21. The predicted molar refractivity (Wildman–Crippen MR) is 101 cm³/mol. The largest absolute Gasteiger partial charge is 0.454 e. The Hall–Kier alpha value is -2.32. The maximum Gasteiger partial charge on any atom is 0.325 e. The molecule has 0 aromatic heterocycles. The normalized spacial score (nSPS) is 10.3. The summed E-state index contributed by atoms with van der Waals surface area (Å²) in [5.41, 5.74) is 0.168. The highest BCUT2D eigenvalue weighted by Gasteiger charge is 2.15. The van der Waals surface area contributed by atoms with Crippen molar-refractivity contribution >= 4 is 46.9 Å². The number of halogens is 2. The third kappa shape index (κ3) is 7.84. The number of nitrogens with one attached hydrogen (secondary N) is 2. The van der Waals surface area contributed by atoms with Crippen molar-refractivity contribution in [1.82, 2.24) is 15.5 Å².